The highest BCUT2D eigenvalue weighted by atomic mass is 32.1. The van der Waals surface area contributed by atoms with Crippen LogP contribution in [0.25, 0.3) is 0 Å². The number of hydrogen-bond acceptors (Lipinski definition) is 3. The maximum absolute atomic E-state index is 10.4. The second kappa shape index (κ2) is 5.55. The van der Waals surface area contributed by atoms with E-state index in [4.69, 9.17) is 4.74 Å². The van der Waals surface area contributed by atoms with Gasteiger partial charge in [0, 0.05) is 15.3 Å². The van der Waals surface area contributed by atoms with Crippen molar-refractivity contribution in [2.75, 3.05) is 0 Å². The highest BCUT2D eigenvalue weighted by Crippen LogP contribution is 2.33. The van der Waals surface area contributed by atoms with Crippen molar-refractivity contribution in [3.8, 4) is 5.75 Å². The normalized spacial score (nSPS) is 12.7. The van der Waals surface area contributed by atoms with Gasteiger partial charge < -0.3 is 9.84 Å². The first-order valence-electron chi connectivity index (χ1n) is 6.08. The number of aryl methyl sites for hydroxylation is 1. The van der Waals surface area contributed by atoms with Gasteiger partial charge in [0.05, 0.1) is 6.10 Å². The Morgan fingerprint density at radius 2 is 1.83 bits per heavy atom. The number of hydrogen-bond donors (Lipinski definition) is 1. The Balaban J connectivity index is 2.32. The minimum absolute atomic E-state index is 0.100. The third-order valence-corrected chi connectivity index (χ3v) is 3.66. The second-order valence-electron chi connectivity index (χ2n) is 4.56. The van der Waals surface area contributed by atoms with Crippen LogP contribution in [-0.4, -0.2) is 11.2 Å². The van der Waals surface area contributed by atoms with Crippen LogP contribution in [0.15, 0.2) is 36.4 Å². The molecule has 0 saturated heterocycles. The Kier molecular flexibility index (Phi) is 4.04. The van der Waals surface area contributed by atoms with Crippen molar-refractivity contribution in [2.24, 2.45) is 0 Å². The third kappa shape index (κ3) is 2.92. The number of benzene rings is 1. The molecule has 0 aliphatic heterocycles. The molecule has 2 aromatic rings. The van der Waals surface area contributed by atoms with E-state index < -0.39 is 6.10 Å². The zero-order valence-corrected chi connectivity index (χ0v) is 11.7. The molecule has 0 bridgehead atoms. The van der Waals surface area contributed by atoms with Crippen molar-refractivity contribution in [3.05, 3.63) is 51.7 Å². The van der Waals surface area contributed by atoms with E-state index in [1.54, 1.807) is 11.3 Å². The molecule has 0 aliphatic rings. The molecule has 0 radical (unpaired) electrons. The van der Waals surface area contributed by atoms with Crippen molar-refractivity contribution in [2.45, 2.75) is 33.0 Å². The van der Waals surface area contributed by atoms with Gasteiger partial charge in [0.25, 0.3) is 0 Å². The minimum Gasteiger partial charge on any atom is -0.491 e. The van der Waals surface area contributed by atoms with Crippen LogP contribution in [0.3, 0.4) is 0 Å². The molecular formula is C15H18O2S. The van der Waals surface area contributed by atoms with Gasteiger partial charge in [-0.3, -0.25) is 0 Å². The van der Waals surface area contributed by atoms with E-state index in [2.05, 4.69) is 0 Å². The fraction of sp³-hybridized carbons (Fsp3) is 0.333. The van der Waals surface area contributed by atoms with Gasteiger partial charge in [0.2, 0.25) is 0 Å². The molecular weight excluding hydrogens is 244 g/mol. The average molecular weight is 262 g/mol. The Labute approximate surface area is 112 Å². The summed E-state index contributed by atoms with van der Waals surface area (Å²) >= 11 is 1.61. The molecule has 2 nitrogen and oxygen atoms in total. The van der Waals surface area contributed by atoms with Crippen molar-refractivity contribution in [3.63, 3.8) is 0 Å². The lowest BCUT2D eigenvalue weighted by atomic mass is 10.1. The summed E-state index contributed by atoms with van der Waals surface area (Å²) in [4.78, 5) is 2.15. The monoisotopic (exact) mass is 262 g/mol. The molecule has 0 spiro atoms. The van der Waals surface area contributed by atoms with E-state index in [0.29, 0.717) is 0 Å². The molecule has 0 aliphatic carbocycles. The van der Waals surface area contributed by atoms with Crippen LogP contribution in [0.2, 0.25) is 0 Å². The molecule has 2 rings (SSSR count). The smallest absolute Gasteiger partial charge is 0.125 e. The second-order valence-corrected chi connectivity index (χ2v) is 5.87. The topological polar surface area (TPSA) is 29.5 Å². The van der Waals surface area contributed by atoms with Gasteiger partial charge in [0.1, 0.15) is 11.9 Å². The van der Waals surface area contributed by atoms with Crippen LogP contribution in [0.5, 0.6) is 5.75 Å². The van der Waals surface area contributed by atoms with Crippen LogP contribution in [-0.2, 0) is 0 Å². The number of ether oxygens (including phenoxy) is 1. The van der Waals surface area contributed by atoms with E-state index in [0.717, 1.165) is 16.2 Å². The van der Waals surface area contributed by atoms with Crippen LogP contribution in [0.1, 0.15) is 35.3 Å². The van der Waals surface area contributed by atoms with Gasteiger partial charge in [-0.05, 0) is 39.0 Å². The number of aliphatic hydroxyl groups excluding tert-OH is 1. The number of para-hydroxylation sites is 1. The van der Waals surface area contributed by atoms with Gasteiger partial charge >= 0.3 is 0 Å². The van der Waals surface area contributed by atoms with Crippen LogP contribution in [0.4, 0.5) is 0 Å². The number of thiophene rings is 1. The lowest BCUT2D eigenvalue weighted by molar-refractivity contribution is 0.200. The summed E-state index contributed by atoms with van der Waals surface area (Å²) in [6, 6.07) is 11.7. The van der Waals surface area contributed by atoms with E-state index in [1.165, 1.54) is 4.88 Å². The first-order valence-corrected chi connectivity index (χ1v) is 6.89. The molecule has 1 heterocycles. The standard InChI is InChI=1S/C15H18O2S/c1-10(2)17-13-7-5-4-6-12(13)15(16)14-9-8-11(3)18-14/h4-10,15-16H,1-3H3. The Morgan fingerprint density at radius 1 is 1.11 bits per heavy atom. The molecule has 96 valence electrons. The fourth-order valence-corrected chi connectivity index (χ4v) is 2.70. The SMILES string of the molecule is Cc1ccc(C(O)c2ccccc2OC(C)C)s1. The van der Waals surface area contributed by atoms with E-state index in [-0.39, 0.29) is 6.10 Å². The molecule has 1 aromatic carbocycles. The molecule has 1 atom stereocenters. The first kappa shape index (κ1) is 13.1. The summed E-state index contributed by atoms with van der Waals surface area (Å²) in [5, 5.41) is 10.4. The molecule has 0 saturated carbocycles. The minimum atomic E-state index is -0.612. The predicted molar refractivity (Wildman–Crippen MR) is 75.3 cm³/mol. The molecule has 1 aromatic heterocycles. The van der Waals surface area contributed by atoms with Crippen molar-refractivity contribution in [1.82, 2.24) is 0 Å². The average Bonchev–Trinajstić information content (AvgIpc) is 2.75. The van der Waals surface area contributed by atoms with E-state index in [9.17, 15) is 5.11 Å². The number of aliphatic hydroxyl groups is 1. The Bertz CT molecular complexity index is 517. The summed E-state index contributed by atoms with van der Waals surface area (Å²) in [5.74, 6) is 0.756. The molecule has 0 amide bonds. The van der Waals surface area contributed by atoms with Gasteiger partial charge in [-0.2, -0.15) is 0 Å². The zero-order chi connectivity index (χ0) is 13.1. The van der Waals surface area contributed by atoms with E-state index in [1.807, 2.05) is 57.2 Å². The maximum Gasteiger partial charge on any atom is 0.125 e. The quantitative estimate of drug-likeness (QED) is 0.904. The van der Waals surface area contributed by atoms with Crippen molar-refractivity contribution < 1.29 is 9.84 Å². The fourth-order valence-electron chi connectivity index (χ4n) is 1.82. The summed E-state index contributed by atoms with van der Waals surface area (Å²) < 4.78 is 5.74. The Morgan fingerprint density at radius 3 is 2.44 bits per heavy atom. The predicted octanol–water partition coefficient (Wildman–Crippen LogP) is 3.93. The molecule has 1 N–H and O–H groups in total. The molecule has 3 heteroatoms. The van der Waals surface area contributed by atoms with Crippen LogP contribution < -0.4 is 4.74 Å². The van der Waals surface area contributed by atoms with Crippen LogP contribution >= 0.6 is 11.3 Å². The maximum atomic E-state index is 10.4. The van der Waals surface area contributed by atoms with Crippen molar-refractivity contribution >= 4 is 11.3 Å². The highest BCUT2D eigenvalue weighted by molar-refractivity contribution is 7.12. The Hall–Kier alpha value is -1.32. The summed E-state index contributed by atoms with van der Waals surface area (Å²) in [5.41, 5.74) is 0.827. The van der Waals surface area contributed by atoms with Crippen LogP contribution in [0, 0.1) is 6.92 Å². The molecule has 0 fully saturated rings. The summed E-state index contributed by atoms with van der Waals surface area (Å²) in [6.07, 6.45) is -0.512. The van der Waals surface area contributed by atoms with Gasteiger partial charge in [-0.1, -0.05) is 18.2 Å². The van der Waals surface area contributed by atoms with Gasteiger partial charge in [-0.15, -0.1) is 11.3 Å². The molecule has 1 unspecified atom stereocenters. The number of rotatable bonds is 4. The lowest BCUT2D eigenvalue weighted by Crippen LogP contribution is -2.09. The molecule has 18 heavy (non-hydrogen) atoms. The summed E-state index contributed by atoms with van der Waals surface area (Å²) in [7, 11) is 0. The first-order chi connectivity index (χ1) is 8.58. The largest absolute Gasteiger partial charge is 0.491 e. The zero-order valence-electron chi connectivity index (χ0n) is 10.9. The third-order valence-electron chi connectivity index (χ3n) is 2.61. The highest BCUT2D eigenvalue weighted by Gasteiger charge is 2.17. The van der Waals surface area contributed by atoms with Gasteiger partial charge in [-0.25, -0.2) is 0 Å². The summed E-state index contributed by atoms with van der Waals surface area (Å²) in [6.45, 7) is 6.01. The van der Waals surface area contributed by atoms with Crippen molar-refractivity contribution in [1.29, 1.82) is 0 Å². The van der Waals surface area contributed by atoms with Gasteiger partial charge in [0.15, 0.2) is 0 Å². The lowest BCUT2D eigenvalue weighted by Gasteiger charge is -2.17. The van der Waals surface area contributed by atoms with E-state index >= 15 is 0 Å².